The van der Waals surface area contributed by atoms with Crippen LogP contribution in [0.25, 0.3) is 0 Å². The number of likely N-dealkylation sites (N-methyl/N-ethyl adjacent to an activating group) is 1. The maximum atomic E-state index is 12.3. The highest BCUT2D eigenvalue weighted by molar-refractivity contribution is 7.91. The van der Waals surface area contributed by atoms with E-state index in [1.165, 1.54) is 19.2 Å². The Bertz CT molecular complexity index is 811. The van der Waals surface area contributed by atoms with Gasteiger partial charge in [0.1, 0.15) is 4.21 Å². The third-order valence-corrected chi connectivity index (χ3v) is 6.59. The fourth-order valence-corrected chi connectivity index (χ4v) is 4.95. The van der Waals surface area contributed by atoms with Gasteiger partial charge < -0.3 is 5.32 Å². The number of thiophene rings is 1. The van der Waals surface area contributed by atoms with E-state index >= 15 is 0 Å². The number of nitrogens with zero attached hydrogens (tertiary/aromatic N) is 1. The minimum atomic E-state index is -3.72. The molecule has 124 valence electrons. The number of rotatable bonds is 5. The lowest BCUT2D eigenvalue weighted by molar-refractivity contribution is -0.116. The zero-order chi connectivity index (χ0) is 17.2. The molecule has 0 aliphatic rings. The van der Waals surface area contributed by atoms with Crippen LogP contribution < -0.4 is 5.32 Å². The summed E-state index contributed by atoms with van der Waals surface area (Å²) in [5.74, 6) is -0.399. The Morgan fingerprint density at radius 3 is 2.35 bits per heavy atom. The molecule has 0 unspecified atom stereocenters. The summed E-state index contributed by atoms with van der Waals surface area (Å²) in [6.07, 6.45) is 0. The fourth-order valence-electron chi connectivity index (χ4n) is 2.12. The lowest BCUT2D eigenvalue weighted by Gasteiger charge is -2.16. The number of benzene rings is 1. The predicted octanol–water partition coefficient (Wildman–Crippen LogP) is 3.28. The highest BCUT2D eigenvalue weighted by Crippen LogP contribution is 2.27. The number of nitrogens with one attached hydrogen (secondary N) is 1. The molecule has 0 saturated heterocycles. The standard InChI is InChI=1S/C15H17ClN2O3S2/c1-10-6-11(2)8-12(7-10)17-14(19)9-18(3)23(20,21)15-5-4-13(16)22-15/h4-8H,9H2,1-3H3,(H,17,19). The summed E-state index contributed by atoms with van der Waals surface area (Å²) < 4.78 is 26.2. The molecule has 1 heterocycles. The van der Waals surface area contributed by atoms with E-state index in [-0.39, 0.29) is 10.8 Å². The molecule has 0 bridgehead atoms. The summed E-state index contributed by atoms with van der Waals surface area (Å²) in [5.41, 5.74) is 2.70. The van der Waals surface area contributed by atoms with Crippen LogP contribution in [0.15, 0.2) is 34.5 Å². The molecule has 1 aromatic heterocycles. The van der Waals surface area contributed by atoms with E-state index in [0.29, 0.717) is 10.0 Å². The molecule has 0 spiro atoms. The van der Waals surface area contributed by atoms with Crippen molar-refractivity contribution in [1.29, 1.82) is 0 Å². The second-order valence-electron chi connectivity index (χ2n) is 5.24. The van der Waals surface area contributed by atoms with Crippen molar-refractivity contribution >= 4 is 44.6 Å². The summed E-state index contributed by atoms with van der Waals surface area (Å²) in [5, 5.41) is 2.72. The fraction of sp³-hybridized carbons (Fsp3) is 0.267. The number of amides is 1. The molecular formula is C15H17ClN2O3S2. The van der Waals surface area contributed by atoms with E-state index in [9.17, 15) is 13.2 Å². The Morgan fingerprint density at radius 2 is 1.83 bits per heavy atom. The number of anilines is 1. The van der Waals surface area contributed by atoms with Crippen molar-refractivity contribution in [3.8, 4) is 0 Å². The van der Waals surface area contributed by atoms with Crippen LogP contribution in [0, 0.1) is 13.8 Å². The minimum absolute atomic E-state index is 0.115. The lowest BCUT2D eigenvalue weighted by atomic mass is 10.1. The molecule has 1 aromatic carbocycles. The molecule has 0 aliphatic heterocycles. The van der Waals surface area contributed by atoms with Crippen LogP contribution in [0.3, 0.4) is 0 Å². The largest absolute Gasteiger partial charge is 0.325 e. The predicted molar refractivity (Wildman–Crippen MR) is 93.7 cm³/mol. The second kappa shape index (κ2) is 7.00. The average Bonchev–Trinajstić information content (AvgIpc) is 2.84. The molecule has 1 N–H and O–H groups in total. The molecule has 5 nitrogen and oxygen atoms in total. The van der Waals surface area contributed by atoms with Crippen LogP contribution in [0.4, 0.5) is 5.69 Å². The molecule has 2 rings (SSSR count). The van der Waals surface area contributed by atoms with Crippen LogP contribution in [0.2, 0.25) is 4.34 Å². The molecule has 0 fully saturated rings. The van der Waals surface area contributed by atoms with Crippen molar-refractivity contribution in [2.24, 2.45) is 0 Å². The van der Waals surface area contributed by atoms with Crippen molar-refractivity contribution in [3.63, 3.8) is 0 Å². The molecular weight excluding hydrogens is 356 g/mol. The molecule has 0 radical (unpaired) electrons. The van der Waals surface area contributed by atoms with Gasteiger partial charge in [0.05, 0.1) is 10.9 Å². The Morgan fingerprint density at radius 1 is 1.22 bits per heavy atom. The third-order valence-electron chi connectivity index (χ3n) is 3.08. The molecule has 8 heteroatoms. The van der Waals surface area contributed by atoms with Crippen LogP contribution in [0.5, 0.6) is 0 Å². The maximum absolute atomic E-state index is 12.3. The number of halogens is 1. The summed E-state index contributed by atoms with van der Waals surface area (Å²) in [7, 11) is -2.35. The molecule has 0 saturated carbocycles. The van der Waals surface area contributed by atoms with Gasteiger partial charge in [-0.3, -0.25) is 4.79 Å². The van der Waals surface area contributed by atoms with Crippen LogP contribution >= 0.6 is 22.9 Å². The molecule has 0 atom stereocenters. The number of carbonyl (C=O) groups excluding carboxylic acids is 1. The first-order valence-electron chi connectivity index (χ1n) is 6.78. The highest BCUT2D eigenvalue weighted by atomic mass is 35.5. The summed E-state index contributed by atoms with van der Waals surface area (Å²) in [6.45, 7) is 3.59. The van der Waals surface area contributed by atoms with Gasteiger partial charge >= 0.3 is 0 Å². The summed E-state index contributed by atoms with van der Waals surface area (Å²) >= 11 is 6.73. The van der Waals surface area contributed by atoms with E-state index in [0.717, 1.165) is 26.8 Å². The van der Waals surface area contributed by atoms with E-state index in [1.807, 2.05) is 32.0 Å². The number of aryl methyl sites for hydroxylation is 2. The van der Waals surface area contributed by atoms with Gasteiger partial charge in [0.15, 0.2) is 0 Å². The van der Waals surface area contributed by atoms with E-state index < -0.39 is 15.9 Å². The van der Waals surface area contributed by atoms with Gasteiger partial charge in [0.25, 0.3) is 10.0 Å². The van der Waals surface area contributed by atoms with Crippen molar-refractivity contribution in [2.75, 3.05) is 18.9 Å². The summed E-state index contributed by atoms with van der Waals surface area (Å²) in [6, 6.07) is 8.60. The number of carbonyl (C=O) groups is 1. The van der Waals surface area contributed by atoms with Gasteiger partial charge in [-0.15, -0.1) is 11.3 Å². The van der Waals surface area contributed by atoms with Gasteiger partial charge in [-0.05, 0) is 49.2 Å². The van der Waals surface area contributed by atoms with Crippen LogP contribution in [-0.4, -0.2) is 32.2 Å². The van der Waals surface area contributed by atoms with Crippen molar-refractivity contribution in [2.45, 2.75) is 18.1 Å². The third kappa shape index (κ3) is 4.54. The zero-order valence-corrected chi connectivity index (χ0v) is 15.3. The normalized spacial score (nSPS) is 11.7. The summed E-state index contributed by atoms with van der Waals surface area (Å²) in [4.78, 5) is 12.1. The maximum Gasteiger partial charge on any atom is 0.252 e. The SMILES string of the molecule is Cc1cc(C)cc(NC(=O)CN(C)S(=O)(=O)c2ccc(Cl)s2)c1. The monoisotopic (exact) mass is 372 g/mol. The molecule has 23 heavy (non-hydrogen) atoms. The molecule has 1 amide bonds. The average molecular weight is 373 g/mol. The van der Waals surface area contributed by atoms with Crippen LogP contribution in [-0.2, 0) is 14.8 Å². The van der Waals surface area contributed by atoms with Crippen molar-refractivity contribution < 1.29 is 13.2 Å². The first-order valence-corrected chi connectivity index (χ1v) is 9.42. The molecule has 2 aromatic rings. The Labute approximate surface area is 144 Å². The zero-order valence-electron chi connectivity index (χ0n) is 13.0. The molecule has 0 aliphatic carbocycles. The number of hydrogen-bond donors (Lipinski definition) is 1. The van der Waals surface area contributed by atoms with Crippen LogP contribution in [0.1, 0.15) is 11.1 Å². The number of hydrogen-bond acceptors (Lipinski definition) is 4. The quantitative estimate of drug-likeness (QED) is 0.875. The van der Waals surface area contributed by atoms with Crippen molar-refractivity contribution in [3.05, 3.63) is 45.8 Å². The van der Waals surface area contributed by atoms with Gasteiger partial charge in [0, 0.05) is 12.7 Å². The van der Waals surface area contributed by atoms with E-state index in [2.05, 4.69) is 5.32 Å². The first-order chi connectivity index (χ1) is 10.7. The number of sulfonamides is 1. The smallest absolute Gasteiger partial charge is 0.252 e. The van der Waals surface area contributed by atoms with Crippen molar-refractivity contribution in [1.82, 2.24) is 4.31 Å². The van der Waals surface area contributed by atoms with Gasteiger partial charge in [-0.1, -0.05) is 17.7 Å². The Hall–Kier alpha value is -1.41. The topological polar surface area (TPSA) is 66.5 Å². The van der Waals surface area contributed by atoms with E-state index in [4.69, 9.17) is 11.6 Å². The van der Waals surface area contributed by atoms with Gasteiger partial charge in [-0.25, -0.2) is 8.42 Å². The Kier molecular flexibility index (Phi) is 5.46. The second-order valence-corrected chi connectivity index (χ2v) is 9.23. The van der Waals surface area contributed by atoms with Gasteiger partial charge in [0.2, 0.25) is 5.91 Å². The lowest BCUT2D eigenvalue weighted by Crippen LogP contribution is -2.34. The first kappa shape index (κ1) is 17.9. The van der Waals surface area contributed by atoms with Gasteiger partial charge in [-0.2, -0.15) is 4.31 Å². The minimum Gasteiger partial charge on any atom is -0.325 e. The highest BCUT2D eigenvalue weighted by Gasteiger charge is 2.24. The Balaban J connectivity index is 2.07. The van der Waals surface area contributed by atoms with E-state index in [1.54, 1.807) is 0 Å².